The van der Waals surface area contributed by atoms with E-state index in [1.54, 1.807) is 0 Å². The van der Waals surface area contributed by atoms with Crippen LogP contribution in [0.3, 0.4) is 0 Å². The summed E-state index contributed by atoms with van der Waals surface area (Å²) in [6.07, 6.45) is 2.33. The number of unbranched alkanes of at least 4 members (excludes halogenated alkanes) is 1. The predicted molar refractivity (Wildman–Crippen MR) is 52.1 cm³/mol. The number of aliphatic hydroxyl groups is 1. The minimum atomic E-state index is 0.164. The average Bonchev–Trinajstić information content (AvgIpc) is 2.03. The minimum absolute atomic E-state index is 0.164. The van der Waals surface area contributed by atoms with Gasteiger partial charge in [-0.3, -0.25) is 4.90 Å². The van der Waals surface area contributed by atoms with Gasteiger partial charge >= 0.3 is 0 Å². The Hall–Kier alpha value is -0.120. The molecule has 0 spiro atoms. The van der Waals surface area contributed by atoms with E-state index in [0.29, 0.717) is 6.04 Å². The first-order valence-corrected chi connectivity index (χ1v) is 4.69. The van der Waals surface area contributed by atoms with E-state index in [4.69, 9.17) is 5.11 Å². The van der Waals surface area contributed by atoms with Crippen molar-refractivity contribution in [3.8, 4) is 0 Å². The highest BCUT2D eigenvalue weighted by Crippen LogP contribution is 1.90. The second kappa shape index (κ2) is 7.53. The van der Waals surface area contributed by atoms with Gasteiger partial charge < -0.3 is 10.4 Å². The first-order valence-electron chi connectivity index (χ1n) is 4.69. The molecule has 0 aliphatic heterocycles. The van der Waals surface area contributed by atoms with Crippen molar-refractivity contribution in [2.24, 2.45) is 0 Å². The molecule has 0 aliphatic carbocycles. The van der Waals surface area contributed by atoms with E-state index in [0.717, 1.165) is 19.5 Å². The summed E-state index contributed by atoms with van der Waals surface area (Å²) in [5.74, 6) is 0. The Labute approximate surface area is 75.8 Å². The Morgan fingerprint density at radius 1 is 1.33 bits per heavy atom. The lowest BCUT2D eigenvalue weighted by Crippen LogP contribution is -2.25. The fourth-order valence-electron chi connectivity index (χ4n) is 0.968. The lowest BCUT2D eigenvalue weighted by atomic mass is 10.3. The van der Waals surface area contributed by atoms with Crippen LogP contribution in [0.4, 0.5) is 0 Å². The molecule has 0 unspecified atom stereocenters. The molecule has 0 saturated heterocycles. The second-order valence-electron chi connectivity index (χ2n) is 3.54. The highest BCUT2D eigenvalue weighted by Gasteiger charge is 1.95. The minimum Gasteiger partial charge on any atom is -0.381 e. The molecular formula is C9H22N2O. The molecule has 0 heterocycles. The van der Waals surface area contributed by atoms with Crippen LogP contribution in [-0.2, 0) is 0 Å². The zero-order chi connectivity index (χ0) is 9.40. The molecule has 0 amide bonds. The van der Waals surface area contributed by atoms with Crippen molar-refractivity contribution in [1.29, 1.82) is 0 Å². The molecule has 0 aromatic carbocycles. The Balaban J connectivity index is 3.00. The smallest absolute Gasteiger partial charge is 0.0954 e. The maximum Gasteiger partial charge on any atom is 0.0954 e. The molecule has 0 saturated carbocycles. The van der Waals surface area contributed by atoms with Crippen molar-refractivity contribution >= 4 is 0 Å². The maximum absolute atomic E-state index is 8.69. The van der Waals surface area contributed by atoms with E-state index in [2.05, 4.69) is 19.2 Å². The van der Waals surface area contributed by atoms with Gasteiger partial charge in [-0.15, -0.1) is 0 Å². The van der Waals surface area contributed by atoms with E-state index < -0.39 is 0 Å². The molecule has 0 aromatic heterocycles. The van der Waals surface area contributed by atoms with Crippen molar-refractivity contribution in [2.45, 2.75) is 32.7 Å². The van der Waals surface area contributed by atoms with Crippen LogP contribution >= 0.6 is 0 Å². The van der Waals surface area contributed by atoms with E-state index in [1.165, 1.54) is 6.42 Å². The van der Waals surface area contributed by atoms with Crippen LogP contribution in [-0.4, -0.2) is 42.9 Å². The van der Waals surface area contributed by atoms with Gasteiger partial charge in [-0.2, -0.15) is 0 Å². The third-order valence-corrected chi connectivity index (χ3v) is 1.76. The van der Waals surface area contributed by atoms with Gasteiger partial charge in [-0.1, -0.05) is 13.8 Å². The van der Waals surface area contributed by atoms with Crippen molar-refractivity contribution < 1.29 is 5.11 Å². The van der Waals surface area contributed by atoms with E-state index >= 15 is 0 Å². The number of aliphatic hydroxyl groups excluding tert-OH is 1. The normalized spacial score (nSPS) is 11.5. The largest absolute Gasteiger partial charge is 0.381 e. The summed E-state index contributed by atoms with van der Waals surface area (Å²) in [6, 6.07) is 0.584. The topological polar surface area (TPSA) is 35.5 Å². The summed E-state index contributed by atoms with van der Waals surface area (Å²) in [7, 11) is 1.93. The summed E-state index contributed by atoms with van der Waals surface area (Å²) in [5.41, 5.74) is 0. The van der Waals surface area contributed by atoms with Crippen LogP contribution in [0.1, 0.15) is 26.7 Å². The quantitative estimate of drug-likeness (QED) is 0.439. The first-order chi connectivity index (χ1) is 5.66. The van der Waals surface area contributed by atoms with Gasteiger partial charge in [0, 0.05) is 12.6 Å². The second-order valence-corrected chi connectivity index (χ2v) is 3.54. The Bertz CT molecular complexity index is 96.5. The van der Waals surface area contributed by atoms with E-state index in [1.807, 2.05) is 11.9 Å². The molecular weight excluding hydrogens is 152 g/mol. The number of nitrogens with one attached hydrogen (secondary N) is 1. The molecule has 0 aliphatic rings. The molecule has 0 atom stereocenters. The van der Waals surface area contributed by atoms with Gasteiger partial charge in [0.15, 0.2) is 0 Å². The molecule has 2 N–H and O–H groups in total. The summed E-state index contributed by atoms with van der Waals surface area (Å²) >= 11 is 0. The monoisotopic (exact) mass is 174 g/mol. The molecule has 0 rings (SSSR count). The molecule has 12 heavy (non-hydrogen) atoms. The Morgan fingerprint density at radius 2 is 2.00 bits per heavy atom. The third-order valence-electron chi connectivity index (χ3n) is 1.76. The van der Waals surface area contributed by atoms with Gasteiger partial charge in [0.2, 0.25) is 0 Å². The van der Waals surface area contributed by atoms with Gasteiger partial charge in [-0.05, 0) is 26.4 Å². The molecule has 0 aromatic rings. The zero-order valence-electron chi connectivity index (χ0n) is 8.51. The summed E-state index contributed by atoms with van der Waals surface area (Å²) < 4.78 is 0. The third kappa shape index (κ3) is 7.98. The van der Waals surface area contributed by atoms with Gasteiger partial charge in [0.1, 0.15) is 0 Å². The highest BCUT2D eigenvalue weighted by molar-refractivity contribution is 4.54. The maximum atomic E-state index is 8.69. The molecule has 3 heteroatoms. The lowest BCUT2D eigenvalue weighted by molar-refractivity contribution is 0.131. The summed E-state index contributed by atoms with van der Waals surface area (Å²) in [5, 5.41) is 12.0. The Kier molecular flexibility index (Phi) is 7.45. The molecule has 0 fully saturated rings. The van der Waals surface area contributed by atoms with Crippen LogP contribution in [0.5, 0.6) is 0 Å². The van der Waals surface area contributed by atoms with Crippen molar-refractivity contribution in [3.63, 3.8) is 0 Å². The highest BCUT2D eigenvalue weighted by atomic mass is 16.3. The standard InChI is InChI=1S/C9H22N2O/c1-9(2)10-6-4-5-7-11(3)8-12/h9-10,12H,4-8H2,1-3H3. The fourth-order valence-corrected chi connectivity index (χ4v) is 0.968. The SMILES string of the molecule is CC(C)NCCCCN(C)CO. The Morgan fingerprint density at radius 3 is 2.50 bits per heavy atom. The van der Waals surface area contributed by atoms with Crippen LogP contribution in [0, 0.1) is 0 Å². The summed E-state index contributed by atoms with van der Waals surface area (Å²) in [6.45, 7) is 6.53. The van der Waals surface area contributed by atoms with Crippen molar-refractivity contribution in [2.75, 3.05) is 26.9 Å². The van der Waals surface area contributed by atoms with Gasteiger partial charge in [0.25, 0.3) is 0 Å². The lowest BCUT2D eigenvalue weighted by Gasteiger charge is -2.13. The number of nitrogens with zero attached hydrogens (tertiary/aromatic N) is 1. The first kappa shape index (κ1) is 11.9. The average molecular weight is 174 g/mol. The number of hydrogen-bond donors (Lipinski definition) is 2. The molecule has 74 valence electrons. The van der Waals surface area contributed by atoms with Gasteiger partial charge in [0.05, 0.1) is 6.73 Å². The molecule has 3 nitrogen and oxygen atoms in total. The van der Waals surface area contributed by atoms with Crippen LogP contribution in [0.15, 0.2) is 0 Å². The van der Waals surface area contributed by atoms with Crippen LogP contribution in [0.2, 0.25) is 0 Å². The predicted octanol–water partition coefficient (Wildman–Crippen LogP) is 0.646. The van der Waals surface area contributed by atoms with Crippen LogP contribution in [0.25, 0.3) is 0 Å². The van der Waals surface area contributed by atoms with Gasteiger partial charge in [-0.25, -0.2) is 0 Å². The van der Waals surface area contributed by atoms with E-state index in [-0.39, 0.29) is 6.73 Å². The van der Waals surface area contributed by atoms with Crippen molar-refractivity contribution in [3.05, 3.63) is 0 Å². The number of hydrogen-bond acceptors (Lipinski definition) is 3. The fraction of sp³-hybridized carbons (Fsp3) is 1.00. The molecule has 0 bridgehead atoms. The van der Waals surface area contributed by atoms with Crippen LogP contribution < -0.4 is 5.32 Å². The number of rotatable bonds is 7. The van der Waals surface area contributed by atoms with Crippen molar-refractivity contribution in [1.82, 2.24) is 10.2 Å². The zero-order valence-corrected chi connectivity index (χ0v) is 8.51. The molecule has 0 radical (unpaired) electrons. The summed E-state index contributed by atoms with van der Waals surface area (Å²) in [4.78, 5) is 1.91. The van der Waals surface area contributed by atoms with E-state index in [9.17, 15) is 0 Å².